The molecular weight excluding hydrogens is 210 g/mol. The number of aromatic nitrogens is 5. The Balaban J connectivity index is 2.48. The average Bonchev–Trinajstić information content (AvgIpc) is 2.83. The van der Waals surface area contributed by atoms with E-state index in [1.54, 1.807) is 6.20 Å². The highest BCUT2D eigenvalue weighted by Crippen LogP contribution is 2.15. The van der Waals surface area contributed by atoms with Gasteiger partial charge in [0.15, 0.2) is 10.6 Å². The van der Waals surface area contributed by atoms with Crippen molar-refractivity contribution in [1.82, 2.24) is 24.5 Å². The molecule has 2 heterocycles. The van der Waals surface area contributed by atoms with Crippen molar-refractivity contribution in [2.45, 2.75) is 26.9 Å². The van der Waals surface area contributed by atoms with Gasteiger partial charge in [-0.2, -0.15) is 10.2 Å². The number of hydrogen-bond acceptors (Lipinski definition) is 3. The number of nitrogens with zero attached hydrogens (tertiary/aromatic N) is 4. The third kappa shape index (κ3) is 1.72. The summed E-state index contributed by atoms with van der Waals surface area (Å²) in [5, 5.41) is 11.2. The van der Waals surface area contributed by atoms with Gasteiger partial charge in [-0.1, -0.05) is 0 Å². The quantitative estimate of drug-likeness (QED) is 0.808. The third-order valence-corrected chi connectivity index (χ3v) is 2.60. The van der Waals surface area contributed by atoms with Crippen molar-refractivity contribution in [1.29, 1.82) is 0 Å². The minimum absolute atomic E-state index is 0.650. The molecule has 0 fully saturated rings. The molecule has 0 aromatic carbocycles. The third-order valence-electron chi connectivity index (χ3n) is 2.29. The van der Waals surface area contributed by atoms with Crippen molar-refractivity contribution in [2.24, 2.45) is 0 Å². The zero-order valence-corrected chi connectivity index (χ0v) is 9.58. The van der Waals surface area contributed by atoms with Crippen molar-refractivity contribution in [3.8, 4) is 11.4 Å². The molecule has 0 atom stereocenters. The van der Waals surface area contributed by atoms with Gasteiger partial charge < -0.3 is 4.57 Å². The molecule has 15 heavy (non-hydrogen) atoms. The first-order chi connectivity index (χ1) is 7.26. The predicted octanol–water partition coefficient (Wildman–Crippen LogP) is 1.84. The van der Waals surface area contributed by atoms with Gasteiger partial charge in [0.05, 0.1) is 11.8 Å². The van der Waals surface area contributed by atoms with Gasteiger partial charge in [0.2, 0.25) is 0 Å². The Hall–Kier alpha value is -1.43. The minimum Gasteiger partial charge on any atom is -0.300 e. The van der Waals surface area contributed by atoms with Crippen LogP contribution < -0.4 is 0 Å². The second-order valence-electron chi connectivity index (χ2n) is 3.18. The van der Waals surface area contributed by atoms with Gasteiger partial charge in [-0.3, -0.25) is 9.78 Å². The zero-order valence-electron chi connectivity index (χ0n) is 8.77. The normalized spacial score (nSPS) is 10.8. The van der Waals surface area contributed by atoms with Gasteiger partial charge in [-0.25, -0.2) is 0 Å². The zero-order chi connectivity index (χ0) is 10.8. The summed E-state index contributed by atoms with van der Waals surface area (Å²) in [6, 6.07) is 0. The predicted molar refractivity (Wildman–Crippen MR) is 60.0 cm³/mol. The maximum atomic E-state index is 5.12. The highest BCUT2D eigenvalue weighted by atomic mass is 32.1. The van der Waals surface area contributed by atoms with Crippen molar-refractivity contribution in [3.63, 3.8) is 0 Å². The second-order valence-corrected chi connectivity index (χ2v) is 3.57. The van der Waals surface area contributed by atoms with Crippen LogP contribution in [0.25, 0.3) is 11.4 Å². The Labute approximate surface area is 92.7 Å². The standard InChI is InChI=1S/C9H13N5S/c1-3-13-6-7(5-10-13)8-11-12-9(15)14(8)4-2/h5-6H,3-4H2,1-2H3,(H,12,15). The molecule has 0 saturated carbocycles. The van der Waals surface area contributed by atoms with Gasteiger partial charge in [-0.15, -0.1) is 0 Å². The van der Waals surface area contributed by atoms with E-state index < -0.39 is 0 Å². The Morgan fingerprint density at radius 3 is 2.80 bits per heavy atom. The molecule has 2 aromatic rings. The Kier molecular flexibility index (Phi) is 2.68. The maximum Gasteiger partial charge on any atom is 0.195 e. The molecular formula is C9H13N5S. The maximum absolute atomic E-state index is 5.12. The number of hydrogen-bond donors (Lipinski definition) is 1. The fourth-order valence-corrected chi connectivity index (χ4v) is 1.74. The van der Waals surface area contributed by atoms with Gasteiger partial charge in [0, 0.05) is 19.3 Å². The average molecular weight is 223 g/mol. The smallest absolute Gasteiger partial charge is 0.195 e. The Bertz CT molecular complexity index is 507. The number of nitrogens with one attached hydrogen (secondary N) is 1. The lowest BCUT2D eigenvalue weighted by Crippen LogP contribution is -1.97. The van der Waals surface area contributed by atoms with Crippen LogP contribution in [-0.2, 0) is 13.1 Å². The van der Waals surface area contributed by atoms with E-state index in [9.17, 15) is 0 Å². The molecule has 0 saturated heterocycles. The number of aryl methyl sites for hydroxylation is 1. The molecule has 6 heteroatoms. The molecule has 0 aliphatic rings. The number of rotatable bonds is 3. The van der Waals surface area contributed by atoms with Gasteiger partial charge >= 0.3 is 0 Å². The van der Waals surface area contributed by atoms with Gasteiger partial charge in [0.1, 0.15) is 0 Å². The van der Waals surface area contributed by atoms with E-state index in [1.165, 1.54) is 0 Å². The van der Waals surface area contributed by atoms with Crippen molar-refractivity contribution in [2.75, 3.05) is 0 Å². The molecule has 2 aromatic heterocycles. The first-order valence-corrected chi connectivity index (χ1v) is 5.35. The van der Waals surface area contributed by atoms with E-state index in [0.29, 0.717) is 4.77 Å². The number of H-pyrrole nitrogens is 1. The van der Waals surface area contributed by atoms with Crippen molar-refractivity contribution >= 4 is 12.2 Å². The van der Waals surface area contributed by atoms with E-state index in [1.807, 2.05) is 29.3 Å². The molecule has 0 spiro atoms. The van der Waals surface area contributed by atoms with Crippen molar-refractivity contribution in [3.05, 3.63) is 17.2 Å². The molecule has 0 aliphatic heterocycles. The van der Waals surface area contributed by atoms with E-state index in [0.717, 1.165) is 24.5 Å². The van der Waals surface area contributed by atoms with Crippen LogP contribution in [0.4, 0.5) is 0 Å². The Morgan fingerprint density at radius 2 is 2.20 bits per heavy atom. The molecule has 0 unspecified atom stereocenters. The highest BCUT2D eigenvalue weighted by Gasteiger charge is 2.08. The summed E-state index contributed by atoms with van der Waals surface area (Å²) in [7, 11) is 0. The molecule has 2 rings (SSSR count). The molecule has 0 radical (unpaired) electrons. The molecule has 0 amide bonds. The lowest BCUT2D eigenvalue weighted by atomic mass is 10.3. The summed E-state index contributed by atoms with van der Waals surface area (Å²) in [4.78, 5) is 0. The first-order valence-electron chi connectivity index (χ1n) is 4.94. The fourth-order valence-electron chi connectivity index (χ4n) is 1.48. The van der Waals surface area contributed by atoms with Crippen LogP contribution in [0, 0.1) is 4.77 Å². The topological polar surface area (TPSA) is 51.4 Å². The second kappa shape index (κ2) is 3.98. The van der Waals surface area contributed by atoms with Crippen LogP contribution in [0.2, 0.25) is 0 Å². The summed E-state index contributed by atoms with van der Waals surface area (Å²) in [5.41, 5.74) is 0.992. The van der Waals surface area contributed by atoms with Gasteiger partial charge in [0.25, 0.3) is 0 Å². The monoisotopic (exact) mass is 223 g/mol. The highest BCUT2D eigenvalue weighted by molar-refractivity contribution is 7.71. The van der Waals surface area contributed by atoms with Crippen LogP contribution in [0.15, 0.2) is 12.4 Å². The van der Waals surface area contributed by atoms with Crippen molar-refractivity contribution < 1.29 is 0 Å². The lowest BCUT2D eigenvalue weighted by Gasteiger charge is -1.99. The molecule has 1 N–H and O–H groups in total. The summed E-state index contributed by atoms with van der Waals surface area (Å²) in [6.45, 7) is 5.76. The number of aromatic amines is 1. The summed E-state index contributed by atoms with van der Waals surface area (Å²) in [5.74, 6) is 0.849. The molecule has 0 bridgehead atoms. The molecule has 5 nitrogen and oxygen atoms in total. The van der Waals surface area contributed by atoms with Crippen LogP contribution in [0.1, 0.15) is 13.8 Å². The molecule has 0 aliphatic carbocycles. The summed E-state index contributed by atoms with van der Waals surface area (Å²) < 4.78 is 4.47. The summed E-state index contributed by atoms with van der Waals surface area (Å²) >= 11 is 5.12. The van der Waals surface area contributed by atoms with E-state index in [2.05, 4.69) is 15.3 Å². The van der Waals surface area contributed by atoms with Crippen LogP contribution in [0.3, 0.4) is 0 Å². The summed E-state index contributed by atoms with van der Waals surface area (Å²) in [6.07, 6.45) is 3.78. The first kappa shape index (κ1) is 10.1. The van der Waals surface area contributed by atoms with Gasteiger partial charge in [-0.05, 0) is 26.1 Å². The van der Waals surface area contributed by atoms with E-state index >= 15 is 0 Å². The van der Waals surface area contributed by atoms with E-state index in [-0.39, 0.29) is 0 Å². The van der Waals surface area contributed by atoms with Crippen LogP contribution in [0.5, 0.6) is 0 Å². The Morgan fingerprint density at radius 1 is 1.40 bits per heavy atom. The minimum atomic E-state index is 0.650. The van der Waals surface area contributed by atoms with Crippen LogP contribution >= 0.6 is 12.2 Å². The molecule has 80 valence electrons. The van der Waals surface area contributed by atoms with Crippen LogP contribution in [-0.4, -0.2) is 24.5 Å². The lowest BCUT2D eigenvalue weighted by molar-refractivity contribution is 0.660. The van der Waals surface area contributed by atoms with E-state index in [4.69, 9.17) is 12.2 Å². The fraction of sp³-hybridized carbons (Fsp3) is 0.444. The largest absolute Gasteiger partial charge is 0.300 e. The SMILES string of the molecule is CCn1cc(-c2n[nH]c(=S)n2CC)cn1.